The molecule has 4 heteroatoms. The summed E-state index contributed by atoms with van der Waals surface area (Å²) < 4.78 is 38.4. The number of fused-ring (bicyclic) bond motifs is 1. The van der Waals surface area contributed by atoms with Gasteiger partial charge in [-0.1, -0.05) is 33.1 Å². The number of nitrogens with one attached hydrogen (secondary N) is 1. The summed E-state index contributed by atoms with van der Waals surface area (Å²) in [5.74, 6) is 0.277. The molecule has 0 fully saturated rings. The summed E-state index contributed by atoms with van der Waals surface area (Å²) in [4.78, 5) is 3.07. The Bertz CT molecular complexity index is 569. The Kier molecular flexibility index (Phi) is 4.41. The fourth-order valence-corrected chi connectivity index (χ4v) is 2.58. The van der Waals surface area contributed by atoms with Crippen molar-refractivity contribution in [1.29, 1.82) is 0 Å². The van der Waals surface area contributed by atoms with Crippen molar-refractivity contribution in [2.24, 2.45) is 0 Å². The number of hydrogen-bond acceptors (Lipinski definition) is 0. The zero-order valence-corrected chi connectivity index (χ0v) is 11.8. The molecule has 1 heterocycles. The Morgan fingerprint density at radius 3 is 2.60 bits per heavy atom. The number of rotatable bonds is 5. The van der Waals surface area contributed by atoms with Crippen LogP contribution in [-0.4, -0.2) is 4.98 Å². The van der Waals surface area contributed by atoms with E-state index < -0.39 is 11.7 Å². The van der Waals surface area contributed by atoms with Crippen molar-refractivity contribution in [2.75, 3.05) is 0 Å². The van der Waals surface area contributed by atoms with Crippen LogP contribution in [0.2, 0.25) is 0 Å². The minimum absolute atomic E-state index is 0.277. The number of hydrogen-bond donors (Lipinski definition) is 1. The van der Waals surface area contributed by atoms with E-state index in [1.54, 1.807) is 0 Å². The summed E-state index contributed by atoms with van der Waals surface area (Å²) in [5, 5.41) is 0.698. The molecule has 0 amide bonds. The lowest BCUT2D eigenvalue weighted by Crippen LogP contribution is -2.04. The lowest BCUT2D eigenvalue weighted by atomic mass is 9.94. The normalized spacial score (nSPS) is 13.8. The second-order valence-corrected chi connectivity index (χ2v) is 5.40. The van der Waals surface area contributed by atoms with Crippen molar-refractivity contribution in [3.63, 3.8) is 0 Å². The fourth-order valence-electron chi connectivity index (χ4n) is 2.58. The smallest absolute Gasteiger partial charge is 0.361 e. The third-order valence-corrected chi connectivity index (χ3v) is 3.81. The van der Waals surface area contributed by atoms with Crippen molar-refractivity contribution in [1.82, 2.24) is 4.98 Å². The third kappa shape index (κ3) is 3.17. The lowest BCUT2D eigenvalue weighted by molar-refractivity contribution is -0.137. The molecule has 2 rings (SSSR count). The number of halogens is 3. The van der Waals surface area contributed by atoms with Gasteiger partial charge in [-0.3, -0.25) is 0 Å². The van der Waals surface area contributed by atoms with Gasteiger partial charge in [0.2, 0.25) is 0 Å². The van der Waals surface area contributed by atoms with Crippen molar-refractivity contribution in [3.05, 3.63) is 35.5 Å². The molecule has 1 atom stereocenters. The van der Waals surface area contributed by atoms with Crippen molar-refractivity contribution < 1.29 is 13.2 Å². The maximum atomic E-state index is 12.8. The monoisotopic (exact) mass is 283 g/mol. The largest absolute Gasteiger partial charge is 0.416 e. The number of aromatic nitrogens is 1. The number of H-pyrrole nitrogens is 1. The summed E-state index contributed by atoms with van der Waals surface area (Å²) in [6.45, 7) is 4.23. The predicted molar refractivity (Wildman–Crippen MR) is 75.9 cm³/mol. The first kappa shape index (κ1) is 14.9. The molecule has 20 heavy (non-hydrogen) atoms. The van der Waals surface area contributed by atoms with Crippen molar-refractivity contribution >= 4 is 10.9 Å². The van der Waals surface area contributed by atoms with Crippen LogP contribution in [0, 0.1) is 0 Å². The second kappa shape index (κ2) is 5.90. The first-order chi connectivity index (χ1) is 9.43. The zero-order chi connectivity index (χ0) is 14.8. The van der Waals surface area contributed by atoms with E-state index in [-0.39, 0.29) is 5.92 Å². The maximum absolute atomic E-state index is 12.8. The van der Waals surface area contributed by atoms with Gasteiger partial charge in [0, 0.05) is 17.1 Å². The van der Waals surface area contributed by atoms with Crippen LogP contribution in [0.1, 0.15) is 56.6 Å². The van der Waals surface area contributed by atoms with Crippen LogP contribution in [0.4, 0.5) is 13.2 Å². The van der Waals surface area contributed by atoms with Gasteiger partial charge in [-0.25, -0.2) is 0 Å². The highest BCUT2D eigenvalue weighted by Gasteiger charge is 2.30. The zero-order valence-electron chi connectivity index (χ0n) is 11.8. The molecule has 1 aromatic heterocycles. The molecule has 0 radical (unpaired) electrons. The van der Waals surface area contributed by atoms with E-state index >= 15 is 0 Å². The van der Waals surface area contributed by atoms with Gasteiger partial charge in [0.25, 0.3) is 0 Å². The summed E-state index contributed by atoms with van der Waals surface area (Å²) >= 11 is 0. The quantitative estimate of drug-likeness (QED) is 0.660. The molecule has 110 valence electrons. The van der Waals surface area contributed by atoms with Gasteiger partial charge >= 0.3 is 6.18 Å². The first-order valence-corrected chi connectivity index (χ1v) is 7.11. The minimum atomic E-state index is -4.28. The minimum Gasteiger partial charge on any atom is -0.361 e. The molecule has 1 unspecified atom stereocenters. The van der Waals surface area contributed by atoms with E-state index in [0.717, 1.165) is 36.4 Å². The number of alkyl halides is 3. The molecular weight excluding hydrogens is 263 g/mol. The van der Waals surface area contributed by atoms with Crippen LogP contribution in [0.5, 0.6) is 0 Å². The van der Waals surface area contributed by atoms with E-state index in [1.807, 2.05) is 6.20 Å². The van der Waals surface area contributed by atoms with Gasteiger partial charge < -0.3 is 4.98 Å². The van der Waals surface area contributed by atoms with E-state index in [1.165, 1.54) is 18.6 Å². The Morgan fingerprint density at radius 1 is 1.20 bits per heavy atom. The number of unbranched alkanes of at least 4 members (excludes halogenated alkanes) is 2. The van der Waals surface area contributed by atoms with Gasteiger partial charge in [0.05, 0.1) is 5.56 Å². The second-order valence-electron chi connectivity index (χ2n) is 5.40. The Hall–Kier alpha value is -1.45. The molecule has 0 aliphatic heterocycles. The van der Waals surface area contributed by atoms with Crippen LogP contribution in [-0.2, 0) is 6.18 Å². The molecule has 1 nitrogen and oxygen atoms in total. The van der Waals surface area contributed by atoms with Crippen LogP contribution in [0.3, 0.4) is 0 Å². The van der Waals surface area contributed by atoms with Crippen molar-refractivity contribution in [2.45, 2.75) is 51.6 Å². The topological polar surface area (TPSA) is 15.8 Å². The molecule has 0 saturated heterocycles. The van der Waals surface area contributed by atoms with Crippen LogP contribution in [0.15, 0.2) is 24.4 Å². The molecule has 0 bridgehead atoms. The van der Waals surface area contributed by atoms with Crippen LogP contribution < -0.4 is 0 Å². The van der Waals surface area contributed by atoms with Gasteiger partial charge in [0.1, 0.15) is 0 Å². The van der Waals surface area contributed by atoms with Gasteiger partial charge in [0.15, 0.2) is 0 Å². The standard InChI is InChI=1S/C16H20F3N/c1-3-4-5-6-11(2)14-10-20-15-8-7-12(9-13(14)15)16(17,18)19/h7-11,20H,3-6H2,1-2H3. The van der Waals surface area contributed by atoms with Gasteiger partial charge in [-0.2, -0.15) is 13.2 Å². The van der Waals surface area contributed by atoms with E-state index in [0.29, 0.717) is 5.39 Å². The number of aromatic amines is 1. The predicted octanol–water partition coefficient (Wildman–Crippen LogP) is 5.87. The van der Waals surface area contributed by atoms with Crippen molar-refractivity contribution in [3.8, 4) is 0 Å². The lowest BCUT2D eigenvalue weighted by Gasteiger charge is -2.11. The molecule has 0 saturated carbocycles. The van der Waals surface area contributed by atoms with Crippen LogP contribution in [0.25, 0.3) is 10.9 Å². The molecule has 0 aliphatic carbocycles. The molecular formula is C16H20F3N. The maximum Gasteiger partial charge on any atom is 0.416 e. The third-order valence-electron chi connectivity index (χ3n) is 3.81. The number of benzene rings is 1. The van der Waals surface area contributed by atoms with E-state index in [9.17, 15) is 13.2 Å². The summed E-state index contributed by atoms with van der Waals surface area (Å²) in [6.07, 6.45) is 2.01. The summed E-state index contributed by atoms with van der Waals surface area (Å²) in [6, 6.07) is 3.91. The van der Waals surface area contributed by atoms with Gasteiger partial charge in [-0.05, 0) is 36.1 Å². The Morgan fingerprint density at radius 2 is 1.95 bits per heavy atom. The average molecular weight is 283 g/mol. The van der Waals surface area contributed by atoms with E-state index in [2.05, 4.69) is 18.8 Å². The molecule has 0 spiro atoms. The summed E-state index contributed by atoms with van der Waals surface area (Å²) in [5.41, 5.74) is 1.18. The van der Waals surface area contributed by atoms with Gasteiger partial charge in [-0.15, -0.1) is 0 Å². The molecule has 2 aromatic rings. The fraction of sp³-hybridized carbons (Fsp3) is 0.500. The Balaban J connectivity index is 2.29. The highest BCUT2D eigenvalue weighted by atomic mass is 19.4. The SMILES string of the molecule is CCCCCC(C)c1c[nH]c2ccc(C(F)(F)F)cc12. The first-order valence-electron chi connectivity index (χ1n) is 7.11. The van der Waals surface area contributed by atoms with E-state index in [4.69, 9.17) is 0 Å². The Labute approximate surface area is 117 Å². The molecule has 1 aromatic carbocycles. The molecule has 1 N–H and O–H groups in total. The summed E-state index contributed by atoms with van der Waals surface area (Å²) in [7, 11) is 0. The van der Waals surface area contributed by atoms with Crippen LogP contribution >= 0.6 is 0 Å². The highest BCUT2D eigenvalue weighted by Crippen LogP contribution is 2.35. The molecule has 0 aliphatic rings. The average Bonchev–Trinajstić information content (AvgIpc) is 2.80. The highest BCUT2D eigenvalue weighted by molar-refractivity contribution is 5.84.